The van der Waals surface area contributed by atoms with E-state index >= 15 is 0 Å². The minimum Gasteiger partial charge on any atom is -0.461 e. The lowest BCUT2D eigenvalue weighted by Gasteiger charge is -2.33. The van der Waals surface area contributed by atoms with Gasteiger partial charge in [0.2, 0.25) is 0 Å². The van der Waals surface area contributed by atoms with Crippen LogP contribution in [-0.2, 0) is 14.3 Å². The van der Waals surface area contributed by atoms with Crippen LogP contribution in [-0.4, -0.2) is 28.9 Å². The van der Waals surface area contributed by atoms with Crippen molar-refractivity contribution < 1.29 is 14.3 Å². The molecular formula is C23H32O3S. The Balaban J connectivity index is 1.64. The first kappa shape index (κ1) is 20.4. The summed E-state index contributed by atoms with van der Waals surface area (Å²) < 4.78 is 5.79. The third-order valence-electron chi connectivity index (χ3n) is 6.04. The molecule has 1 aromatic carbocycles. The monoisotopic (exact) mass is 388 g/mol. The number of Topliss-reactive ketones (excluding diaryl/α,β-unsaturated/α-hetero) is 1. The zero-order chi connectivity index (χ0) is 19.6. The van der Waals surface area contributed by atoms with E-state index in [0.717, 1.165) is 33.3 Å². The van der Waals surface area contributed by atoms with Gasteiger partial charge in [0.25, 0.3) is 0 Å². The topological polar surface area (TPSA) is 43.4 Å². The van der Waals surface area contributed by atoms with Crippen LogP contribution < -0.4 is 0 Å². The quantitative estimate of drug-likeness (QED) is 0.508. The van der Waals surface area contributed by atoms with E-state index in [-0.39, 0.29) is 23.8 Å². The van der Waals surface area contributed by atoms with Gasteiger partial charge in [-0.05, 0) is 56.1 Å². The lowest BCUT2D eigenvalue weighted by atomic mass is 9.82. The van der Waals surface area contributed by atoms with Crippen LogP contribution in [0.4, 0.5) is 0 Å². The number of hydrogen-bond donors (Lipinski definition) is 0. The normalized spacial score (nSPS) is 25.3. The molecule has 1 aromatic rings. The van der Waals surface area contributed by atoms with E-state index in [1.807, 2.05) is 44.7 Å². The molecule has 0 aromatic heterocycles. The lowest BCUT2D eigenvalue weighted by molar-refractivity contribution is -0.162. The Kier molecular flexibility index (Phi) is 6.67. The maximum Gasteiger partial charge on any atom is 0.321 e. The van der Waals surface area contributed by atoms with Crippen LogP contribution in [0.5, 0.6) is 0 Å². The molecule has 3 rings (SSSR count). The number of ether oxygens (including phenoxy) is 1. The Labute approximate surface area is 167 Å². The molecule has 1 saturated heterocycles. The molecule has 2 fully saturated rings. The van der Waals surface area contributed by atoms with Crippen LogP contribution in [0, 0.1) is 26.7 Å². The maximum atomic E-state index is 12.9. The molecule has 148 valence electrons. The SMILES string of the molecule is Cc1cc(C)c(C2C(=O)CC(C(C)CSC3CCCCC3)OC2=O)c(C)c1. The van der Waals surface area contributed by atoms with Gasteiger partial charge in [-0.1, -0.05) is 43.9 Å². The first-order valence-electron chi connectivity index (χ1n) is 10.3. The molecule has 3 unspecified atom stereocenters. The predicted molar refractivity (Wildman–Crippen MR) is 111 cm³/mol. The van der Waals surface area contributed by atoms with Crippen LogP contribution in [0.1, 0.15) is 73.6 Å². The summed E-state index contributed by atoms with van der Waals surface area (Å²) in [6.45, 7) is 8.10. The Morgan fingerprint density at radius 2 is 1.70 bits per heavy atom. The second-order valence-electron chi connectivity index (χ2n) is 8.46. The summed E-state index contributed by atoms with van der Waals surface area (Å²) in [4.78, 5) is 25.7. The van der Waals surface area contributed by atoms with E-state index in [1.54, 1.807) is 0 Å². The van der Waals surface area contributed by atoms with Gasteiger partial charge in [-0.3, -0.25) is 9.59 Å². The second kappa shape index (κ2) is 8.81. The zero-order valence-corrected chi connectivity index (χ0v) is 17.9. The second-order valence-corrected chi connectivity index (χ2v) is 9.80. The molecule has 2 aliphatic rings. The van der Waals surface area contributed by atoms with Crippen molar-refractivity contribution in [1.82, 2.24) is 0 Å². The van der Waals surface area contributed by atoms with Gasteiger partial charge >= 0.3 is 5.97 Å². The largest absolute Gasteiger partial charge is 0.461 e. The number of hydrogen-bond acceptors (Lipinski definition) is 4. The highest BCUT2D eigenvalue weighted by Gasteiger charge is 2.41. The van der Waals surface area contributed by atoms with Crippen LogP contribution in [0.25, 0.3) is 0 Å². The summed E-state index contributed by atoms with van der Waals surface area (Å²) in [5.41, 5.74) is 4.00. The molecule has 1 aliphatic heterocycles. The van der Waals surface area contributed by atoms with E-state index in [2.05, 4.69) is 6.92 Å². The van der Waals surface area contributed by atoms with E-state index in [0.29, 0.717) is 6.42 Å². The van der Waals surface area contributed by atoms with Crippen molar-refractivity contribution >= 4 is 23.5 Å². The number of benzene rings is 1. The van der Waals surface area contributed by atoms with Crippen molar-refractivity contribution in [2.24, 2.45) is 5.92 Å². The van der Waals surface area contributed by atoms with Gasteiger partial charge < -0.3 is 4.74 Å². The minimum absolute atomic E-state index is 0.0146. The van der Waals surface area contributed by atoms with Crippen LogP contribution in [0.2, 0.25) is 0 Å². The number of thioether (sulfide) groups is 1. The number of cyclic esters (lactones) is 1. The summed E-state index contributed by atoms with van der Waals surface area (Å²) in [6.07, 6.45) is 6.70. The lowest BCUT2D eigenvalue weighted by Crippen LogP contribution is -2.41. The third kappa shape index (κ3) is 4.77. The summed E-state index contributed by atoms with van der Waals surface area (Å²) in [6, 6.07) is 4.08. The van der Waals surface area contributed by atoms with E-state index in [9.17, 15) is 9.59 Å². The van der Waals surface area contributed by atoms with Crippen LogP contribution in [0.15, 0.2) is 12.1 Å². The third-order valence-corrected chi connectivity index (χ3v) is 7.70. The van der Waals surface area contributed by atoms with Crippen molar-refractivity contribution in [3.05, 3.63) is 34.4 Å². The predicted octanol–water partition coefficient (Wildman–Crippen LogP) is 5.28. The Morgan fingerprint density at radius 3 is 2.30 bits per heavy atom. The first-order chi connectivity index (χ1) is 12.9. The van der Waals surface area contributed by atoms with Crippen LogP contribution >= 0.6 is 11.8 Å². The molecule has 3 nitrogen and oxygen atoms in total. The minimum atomic E-state index is -0.750. The Hall–Kier alpha value is -1.29. The molecule has 0 radical (unpaired) electrons. The number of carbonyl (C=O) groups is 2. The molecule has 0 spiro atoms. The molecule has 1 saturated carbocycles. The summed E-state index contributed by atoms with van der Waals surface area (Å²) in [5.74, 6) is 0.0797. The molecular weight excluding hydrogens is 356 g/mol. The standard InChI is InChI=1S/C23H32O3S/c1-14-10-15(2)21(16(3)11-14)22-19(24)12-20(26-23(22)25)17(4)13-27-18-8-6-5-7-9-18/h10-11,17-18,20,22H,5-9,12-13H2,1-4H3. The van der Waals surface area contributed by atoms with E-state index < -0.39 is 5.92 Å². The maximum absolute atomic E-state index is 12.9. The summed E-state index contributed by atoms with van der Waals surface area (Å²) in [5, 5.41) is 0.738. The number of ketones is 1. The van der Waals surface area contributed by atoms with Crippen molar-refractivity contribution in [2.45, 2.75) is 83.5 Å². The highest BCUT2D eigenvalue weighted by Crippen LogP contribution is 2.35. The van der Waals surface area contributed by atoms with Gasteiger partial charge in [0.15, 0.2) is 5.78 Å². The first-order valence-corrected chi connectivity index (χ1v) is 11.3. The number of aryl methyl sites for hydroxylation is 3. The fourth-order valence-electron chi connectivity index (χ4n) is 4.58. The molecule has 0 N–H and O–H groups in total. The van der Waals surface area contributed by atoms with Crippen molar-refractivity contribution in [1.29, 1.82) is 0 Å². The Bertz CT molecular complexity index is 665. The van der Waals surface area contributed by atoms with Gasteiger partial charge in [0, 0.05) is 17.6 Å². The molecule has 3 atom stereocenters. The van der Waals surface area contributed by atoms with Gasteiger partial charge in [-0.2, -0.15) is 11.8 Å². The molecule has 0 amide bonds. The van der Waals surface area contributed by atoms with Gasteiger partial charge in [0.1, 0.15) is 12.0 Å². The van der Waals surface area contributed by atoms with Crippen molar-refractivity contribution in [2.75, 3.05) is 5.75 Å². The highest BCUT2D eigenvalue weighted by atomic mass is 32.2. The number of esters is 1. The number of rotatable bonds is 5. The Morgan fingerprint density at radius 1 is 1.07 bits per heavy atom. The summed E-state index contributed by atoms with van der Waals surface area (Å²) >= 11 is 2.00. The average Bonchev–Trinajstić information content (AvgIpc) is 2.61. The molecule has 0 bridgehead atoms. The zero-order valence-electron chi connectivity index (χ0n) is 17.0. The van der Waals surface area contributed by atoms with Crippen molar-refractivity contribution in [3.8, 4) is 0 Å². The molecule has 27 heavy (non-hydrogen) atoms. The highest BCUT2D eigenvalue weighted by molar-refractivity contribution is 7.99. The smallest absolute Gasteiger partial charge is 0.321 e. The fourth-order valence-corrected chi connectivity index (χ4v) is 6.03. The molecule has 1 heterocycles. The molecule has 4 heteroatoms. The van der Waals surface area contributed by atoms with E-state index in [1.165, 1.54) is 32.1 Å². The van der Waals surface area contributed by atoms with Gasteiger partial charge in [0.05, 0.1) is 0 Å². The van der Waals surface area contributed by atoms with Crippen molar-refractivity contribution in [3.63, 3.8) is 0 Å². The fraction of sp³-hybridized carbons (Fsp3) is 0.652. The van der Waals surface area contributed by atoms with E-state index in [4.69, 9.17) is 4.74 Å². The van der Waals surface area contributed by atoms with Gasteiger partial charge in [-0.25, -0.2) is 0 Å². The molecule has 1 aliphatic carbocycles. The van der Waals surface area contributed by atoms with Crippen LogP contribution in [0.3, 0.4) is 0 Å². The number of carbonyl (C=O) groups excluding carboxylic acids is 2. The van der Waals surface area contributed by atoms with Gasteiger partial charge in [-0.15, -0.1) is 0 Å². The summed E-state index contributed by atoms with van der Waals surface area (Å²) in [7, 11) is 0. The average molecular weight is 389 g/mol.